The minimum Gasteiger partial charge on any atom is -0.460 e. The molecule has 0 saturated heterocycles. The van der Waals surface area contributed by atoms with Crippen LogP contribution >= 0.6 is 0 Å². The Morgan fingerprint density at radius 2 is 2.18 bits per heavy atom. The van der Waals surface area contributed by atoms with Gasteiger partial charge < -0.3 is 20.4 Å². The maximum atomic E-state index is 14.3. The summed E-state index contributed by atoms with van der Waals surface area (Å²) >= 11 is 0. The van der Waals surface area contributed by atoms with Crippen molar-refractivity contribution in [1.82, 2.24) is 9.88 Å². The highest BCUT2D eigenvalue weighted by Gasteiger charge is 2.26. The van der Waals surface area contributed by atoms with Crippen LogP contribution in [0.5, 0.6) is 5.75 Å². The van der Waals surface area contributed by atoms with Crippen LogP contribution in [0.4, 0.5) is 4.39 Å². The van der Waals surface area contributed by atoms with Crippen molar-refractivity contribution in [2.24, 2.45) is 5.73 Å². The van der Waals surface area contributed by atoms with Crippen LogP contribution in [0, 0.1) is 17.1 Å². The number of carbonyl (C=O) groups excluding carboxylic acids is 1. The van der Waals surface area contributed by atoms with Crippen LogP contribution < -0.4 is 10.5 Å². The maximum Gasteiger partial charge on any atom is 0.249 e. The number of amides is 1. The number of carbonyl (C=O) groups is 1. The van der Waals surface area contributed by atoms with Crippen molar-refractivity contribution in [3.8, 4) is 11.8 Å². The molecule has 3 N–H and O–H groups in total. The number of allylic oxidation sites excluding steroid dienone is 1. The summed E-state index contributed by atoms with van der Waals surface area (Å²) in [6, 6.07) is 10.7. The summed E-state index contributed by atoms with van der Waals surface area (Å²) in [7, 11) is 0. The van der Waals surface area contributed by atoms with E-state index in [0.29, 0.717) is 17.5 Å². The lowest BCUT2D eigenvalue weighted by Gasteiger charge is -2.35. The Bertz CT molecular complexity index is 1270. The van der Waals surface area contributed by atoms with E-state index in [1.807, 2.05) is 24.4 Å². The van der Waals surface area contributed by atoms with Crippen LogP contribution in [0.2, 0.25) is 0 Å². The minimum atomic E-state index is -0.595. The van der Waals surface area contributed by atoms with E-state index >= 15 is 0 Å². The van der Waals surface area contributed by atoms with Gasteiger partial charge in [0.2, 0.25) is 5.91 Å². The van der Waals surface area contributed by atoms with Gasteiger partial charge >= 0.3 is 0 Å². The molecule has 0 saturated carbocycles. The topological polar surface area (TPSA) is 95.1 Å². The lowest BCUT2D eigenvalue weighted by atomic mass is 9.97. The van der Waals surface area contributed by atoms with Crippen molar-refractivity contribution in [2.75, 3.05) is 6.54 Å². The Morgan fingerprint density at radius 3 is 2.91 bits per heavy atom. The molecule has 0 bridgehead atoms. The normalized spacial score (nSPS) is 13.6. The number of primary amides is 1. The van der Waals surface area contributed by atoms with E-state index in [-0.39, 0.29) is 17.4 Å². The third kappa shape index (κ3) is 4.42. The zero-order chi connectivity index (χ0) is 23.5. The van der Waals surface area contributed by atoms with Crippen LogP contribution in [0.3, 0.4) is 0 Å². The second kappa shape index (κ2) is 9.37. The van der Waals surface area contributed by atoms with Gasteiger partial charge in [0.05, 0.1) is 17.3 Å². The number of hydrogen-bond acceptors (Lipinski definition) is 4. The number of hydrogen-bond donors (Lipinski definition) is 2. The average molecular weight is 447 g/mol. The molecule has 1 amide bonds. The molecule has 3 aromatic rings. The number of H-pyrrole nitrogens is 1. The summed E-state index contributed by atoms with van der Waals surface area (Å²) in [6.45, 7) is 5.07. The fraction of sp³-hybridized carbons (Fsp3) is 0.308. The number of fused-ring (bicyclic) bond motifs is 2. The summed E-state index contributed by atoms with van der Waals surface area (Å²) in [4.78, 5) is 17.4. The number of nitriles is 1. The van der Waals surface area contributed by atoms with Crippen LogP contribution in [-0.4, -0.2) is 28.4 Å². The summed E-state index contributed by atoms with van der Waals surface area (Å²) in [5.41, 5.74) is 10.0. The SMILES string of the molecule is CCCN(C1=COc2c(F)ccc(C(N)=O)c2C1)[C@@H](C)CCc1c[nH]c2ccc(C#N)cc12. The Labute approximate surface area is 192 Å². The first kappa shape index (κ1) is 22.4. The van der Waals surface area contributed by atoms with Gasteiger partial charge in [-0.2, -0.15) is 5.26 Å². The number of aryl methyl sites for hydroxylation is 1. The van der Waals surface area contributed by atoms with Gasteiger partial charge in [0.1, 0.15) is 6.26 Å². The van der Waals surface area contributed by atoms with E-state index in [1.54, 1.807) is 6.26 Å². The van der Waals surface area contributed by atoms with Crippen LogP contribution in [-0.2, 0) is 12.8 Å². The molecule has 2 heterocycles. The molecule has 0 unspecified atom stereocenters. The monoisotopic (exact) mass is 446 g/mol. The summed E-state index contributed by atoms with van der Waals surface area (Å²) in [5.74, 6) is -1.02. The van der Waals surface area contributed by atoms with Crippen molar-refractivity contribution in [3.63, 3.8) is 0 Å². The van der Waals surface area contributed by atoms with E-state index in [0.717, 1.165) is 42.4 Å². The van der Waals surface area contributed by atoms with Crippen molar-refractivity contribution in [2.45, 2.75) is 45.6 Å². The van der Waals surface area contributed by atoms with E-state index in [1.165, 1.54) is 17.7 Å². The molecule has 2 aromatic carbocycles. The van der Waals surface area contributed by atoms with Crippen LogP contribution in [0.15, 0.2) is 48.5 Å². The number of nitrogens with zero attached hydrogens (tertiary/aromatic N) is 2. The molecule has 1 atom stereocenters. The standard InChI is InChI=1S/C26H27FN4O2/c1-3-10-31(19-12-22-20(26(29)32)7-8-23(27)25(22)33-15-19)16(2)4-6-18-14-30-24-9-5-17(13-28)11-21(18)24/h5,7-9,11,14-16,30H,3-4,6,10,12H2,1-2H3,(H2,29,32)/t16-/m0/s1. The van der Waals surface area contributed by atoms with Gasteiger partial charge in [0.25, 0.3) is 0 Å². The summed E-state index contributed by atoms with van der Waals surface area (Å²) in [6.07, 6.45) is 6.62. The molecular formula is C26H27FN4O2. The Hall–Kier alpha value is -3.79. The Morgan fingerprint density at radius 1 is 1.36 bits per heavy atom. The number of benzene rings is 2. The molecular weight excluding hydrogens is 419 g/mol. The molecule has 0 fully saturated rings. The summed E-state index contributed by atoms with van der Waals surface area (Å²) in [5, 5.41) is 10.3. The van der Waals surface area contributed by atoms with E-state index in [2.05, 4.69) is 29.8 Å². The van der Waals surface area contributed by atoms with Crippen molar-refractivity contribution < 1.29 is 13.9 Å². The molecule has 33 heavy (non-hydrogen) atoms. The fourth-order valence-electron chi connectivity index (χ4n) is 4.51. The first-order valence-corrected chi connectivity index (χ1v) is 11.2. The largest absolute Gasteiger partial charge is 0.460 e. The second-order valence-electron chi connectivity index (χ2n) is 8.44. The molecule has 7 heteroatoms. The first-order valence-electron chi connectivity index (χ1n) is 11.2. The quantitative estimate of drug-likeness (QED) is 0.520. The maximum absolute atomic E-state index is 14.3. The molecule has 1 aromatic heterocycles. The number of rotatable bonds is 8. The molecule has 4 rings (SSSR count). The molecule has 0 aliphatic carbocycles. The van der Waals surface area contributed by atoms with E-state index in [4.69, 9.17) is 10.5 Å². The number of ether oxygens (including phenoxy) is 1. The van der Waals surface area contributed by atoms with Gasteiger partial charge in [-0.3, -0.25) is 4.79 Å². The van der Waals surface area contributed by atoms with Gasteiger partial charge in [-0.25, -0.2) is 4.39 Å². The molecule has 0 spiro atoms. The highest BCUT2D eigenvalue weighted by atomic mass is 19.1. The van der Waals surface area contributed by atoms with Crippen LogP contribution in [0.1, 0.15) is 53.7 Å². The van der Waals surface area contributed by atoms with Crippen molar-refractivity contribution >= 4 is 16.8 Å². The third-order valence-electron chi connectivity index (χ3n) is 6.24. The number of aromatic nitrogens is 1. The van der Waals surface area contributed by atoms with E-state index in [9.17, 15) is 14.4 Å². The number of nitrogens with two attached hydrogens (primary N) is 1. The lowest BCUT2D eigenvalue weighted by Crippen LogP contribution is -2.36. The predicted molar refractivity (Wildman–Crippen MR) is 125 cm³/mol. The number of nitrogens with one attached hydrogen (secondary N) is 1. The first-order chi connectivity index (χ1) is 15.9. The van der Waals surface area contributed by atoms with Gasteiger partial charge in [-0.15, -0.1) is 0 Å². The molecule has 1 aliphatic heterocycles. The predicted octanol–water partition coefficient (Wildman–Crippen LogP) is 4.79. The van der Waals surface area contributed by atoms with Gasteiger partial charge in [-0.1, -0.05) is 6.92 Å². The zero-order valence-electron chi connectivity index (χ0n) is 18.8. The number of aromatic amines is 1. The van der Waals surface area contributed by atoms with Gasteiger partial charge in [-0.05, 0) is 62.1 Å². The van der Waals surface area contributed by atoms with Gasteiger partial charge in [0, 0.05) is 47.2 Å². The van der Waals surface area contributed by atoms with E-state index < -0.39 is 11.7 Å². The van der Waals surface area contributed by atoms with Crippen LogP contribution in [0.25, 0.3) is 10.9 Å². The zero-order valence-corrected chi connectivity index (χ0v) is 18.8. The minimum absolute atomic E-state index is 0.0752. The average Bonchev–Trinajstić information content (AvgIpc) is 3.22. The molecule has 1 aliphatic rings. The Kier molecular flexibility index (Phi) is 6.36. The highest BCUT2D eigenvalue weighted by molar-refractivity contribution is 5.95. The third-order valence-corrected chi connectivity index (χ3v) is 6.24. The smallest absolute Gasteiger partial charge is 0.249 e. The summed E-state index contributed by atoms with van der Waals surface area (Å²) < 4.78 is 19.9. The molecule has 0 radical (unpaired) electrons. The molecule has 170 valence electrons. The van der Waals surface area contributed by atoms with Gasteiger partial charge in [0.15, 0.2) is 11.6 Å². The highest BCUT2D eigenvalue weighted by Crippen LogP contribution is 2.34. The lowest BCUT2D eigenvalue weighted by molar-refractivity contribution is 0.0998. The Balaban J connectivity index is 1.54. The molecule has 6 nitrogen and oxygen atoms in total. The van der Waals surface area contributed by atoms with Crippen molar-refractivity contribution in [1.29, 1.82) is 5.26 Å². The second-order valence-corrected chi connectivity index (χ2v) is 8.44. The number of halogens is 1. The van der Waals surface area contributed by atoms with Crippen molar-refractivity contribution in [3.05, 3.63) is 76.6 Å². The fourth-order valence-corrected chi connectivity index (χ4v) is 4.51.